The Hall–Kier alpha value is -3.77. The van der Waals surface area contributed by atoms with E-state index in [-0.39, 0.29) is 11.7 Å². The minimum Gasteiger partial charge on any atom is -0.487 e. The average molecular weight is 414 g/mol. The molecule has 0 saturated heterocycles. The molecule has 5 nitrogen and oxygen atoms in total. The fourth-order valence-corrected chi connectivity index (χ4v) is 3.60. The van der Waals surface area contributed by atoms with Crippen LogP contribution in [0.5, 0.6) is 5.75 Å². The van der Waals surface area contributed by atoms with Gasteiger partial charge >= 0.3 is 0 Å². The van der Waals surface area contributed by atoms with Crippen molar-refractivity contribution in [2.24, 2.45) is 0 Å². The number of anilines is 1. The van der Waals surface area contributed by atoms with Crippen LogP contribution in [0.4, 0.5) is 5.69 Å². The summed E-state index contributed by atoms with van der Waals surface area (Å²) in [7, 11) is 0. The highest BCUT2D eigenvalue weighted by Gasteiger charge is 2.18. The fourth-order valence-electron chi connectivity index (χ4n) is 2.92. The zero-order valence-corrected chi connectivity index (χ0v) is 16.8. The lowest BCUT2D eigenvalue weighted by Gasteiger charge is -2.11. The lowest BCUT2D eigenvalue weighted by atomic mass is 10.0. The number of aromatic nitrogens is 1. The highest BCUT2D eigenvalue weighted by molar-refractivity contribution is 7.12. The molecule has 0 aliphatic heterocycles. The molecule has 0 aliphatic rings. The quantitative estimate of drug-likeness (QED) is 0.422. The van der Waals surface area contributed by atoms with Crippen molar-refractivity contribution in [3.63, 3.8) is 0 Å². The van der Waals surface area contributed by atoms with E-state index in [0.717, 1.165) is 5.69 Å². The Morgan fingerprint density at radius 1 is 0.900 bits per heavy atom. The third kappa shape index (κ3) is 4.61. The second-order valence-corrected chi connectivity index (χ2v) is 7.39. The first kappa shape index (κ1) is 19.5. The van der Waals surface area contributed by atoms with Crippen LogP contribution in [0.15, 0.2) is 90.4 Å². The van der Waals surface area contributed by atoms with Crippen LogP contribution >= 0.6 is 11.3 Å². The third-order valence-corrected chi connectivity index (χ3v) is 5.23. The minimum absolute atomic E-state index is 0.164. The van der Waals surface area contributed by atoms with Gasteiger partial charge in [0.05, 0.1) is 16.1 Å². The number of amides is 1. The lowest BCUT2D eigenvalue weighted by Crippen LogP contribution is -2.16. The number of pyridine rings is 1. The second-order valence-electron chi connectivity index (χ2n) is 6.44. The molecule has 0 unspecified atom stereocenters. The van der Waals surface area contributed by atoms with Gasteiger partial charge in [-0.25, -0.2) is 0 Å². The number of carbonyl (C=O) groups is 2. The van der Waals surface area contributed by atoms with E-state index in [0.29, 0.717) is 34.0 Å². The number of nitrogens with zero attached hydrogens (tertiary/aromatic N) is 1. The van der Waals surface area contributed by atoms with E-state index in [1.54, 1.807) is 54.7 Å². The van der Waals surface area contributed by atoms with E-state index >= 15 is 0 Å². The number of carbonyl (C=O) groups excluding carboxylic acids is 2. The molecule has 1 amide bonds. The van der Waals surface area contributed by atoms with Crippen LogP contribution in [0.2, 0.25) is 0 Å². The molecular formula is C24H18N2O3S. The summed E-state index contributed by atoms with van der Waals surface area (Å²) in [6.45, 7) is 0.330. The molecule has 4 rings (SSSR count). The van der Waals surface area contributed by atoms with Crippen LogP contribution in [0.25, 0.3) is 0 Å². The normalized spacial score (nSPS) is 10.4. The van der Waals surface area contributed by atoms with Crippen molar-refractivity contribution < 1.29 is 14.3 Å². The van der Waals surface area contributed by atoms with Gasteiger partial charge in [-0.1, -0.05) is 36.4 Å². The van der Waals surface area contributed by atoms with Crippen molar-refractivity contribution >= 4 is 28.7 Å². The van der Waals surface area contributed by atoms with E-state index in [2.05, 4.69) is 10.3 Å². The number of hydrogen-bond acceptors (Lipinski definition) is 5. The number of ether oxygens (including phenoxy) is 1. The van der Waals surface area contributed by atoms with Crippen molar-refractivity contribution in [1.82, 2.24) is 4.98 Å². The Morgan fingerprint density at radius 3 is 2.50 bits per heavy atom. The molecule has 1 N–H and O–H groups in total. The van der Waals surface area contributed by atoms with Gasteiger partial charge in [-0.05, 0) is 41.8 Å². The number of nitrogens with one attached hydrogen (secondary N) is 1. The summed E-state index contributed by atoms with van der Waals surface area (Å²) in [5.41, 5.74) is 2.10. The molecule has 0 fully saturated rings. The number of thiophene rings is 1. The Kier molecular flexibility index (Phi) is 5.96. The van der Waals surface area contributed by atoms with Crippen LogP contribution in [-0.2, 0) is 6.61 Å². The lowest BCUT2D eigenvalue weighted by molar-refractivity contribution is 0.0997. The van der Waals surface area contributed by atoms with Crippen molar-refractivity contribution in [3.05, 3.63) is 112 Å². The molecule has 0 saturated carbocycles. The summed E-state index contributed by atoms with van der Waals surface area (Å²) >= 11 is 1.35. The molecule has 148 valence electrons. The van der Waals surface area contributed by atoms with Crippen molar-refractivity contribution in [1.29, 1.82) is 0 Å². The zero-order valence-electron chi connectivity index (χ0n) is 15.9. The van der Waals surface area contributed by atoms with E-state index in [4.69, 9.17) is 4.74 Å². The van der Waals surface area contributed by atoms with Crippen molar-refractivity contribution in [2.75, 3.05) is 5.32 Å². The van der Waals surface area contributed by atoms with Crippen LogP contribution in [0, 0.1) is 0 Å². The van der Waals surface area contributed by atoms with Crippen LogP contribution in [0.3, 0.4) is 0 Å². The van der Waals surface area contributed by atoms with E-state index in [1.165, 1.54) is 11.3 Å². The van der Waals surface area contributed by atoms with Gasteiger partial charge < -0.3 is 10.1 Å². The molecule has 0 spiro atoms. The first-order chi connectivity index (χ1) is 14.7. The number of rotatable bonds is 7. The minimum atomic E-state index is -0.350. The zero-order chi connectivity index (χ0) is 20.8. The largest absolute Gasteiger partial charge is 0.487 e. The van der Waals surface area contributed by atoms with Crippen molar-refractivity contribution in [3.8, 4) is 5.75 Å². The van der Waals surface area contributed by atoms with Crippen molar-refractivity contribution in [2.45, 2.75) is 6.61 Å². The summed E-state index contributed by atoms with van der Waals surface area (Å²) in [5.74, 6) is 0.0991. The molecule has 4 aromatic rings. The average Bonchev–Trinajstić information content (AvgIpc) is 3.33. The van der Waals surface area contributed by atoms with E-state index < -0.39 is 0 Å². The van der Waals surface area contributed by atoms with E-state index in [1.807, 2.05) is 35.7 Å². The van der Waals surface area contributed by atoms with Gasteiger partial charge in [-0.2, -0.15) is 0 Å². The SMILES string of the molecule is O=C(Nc1cccc(OCc2ccccn2)c1)c1ccccc1C(=O)c1cccs1. The Balaban J connectivity index is 1.49. The Labute approximate surface area is 178 Å². The Morgan fingerprint density at radius 2 is 1.73 bits per heavy atom. The smallest absolute Gasteiger partial charge is 0.256 e. The predicted molar refractivity (Wildman–Crippen MR) is 117 cm³/mol. The maximum absolute atomic E-state index is 12.9. The van der Waals surface area contributed by atoms with Gasteiger partial charge in [0.25, 0.3) is 5.91 Å². The summed E-state index contributed by atoms with van der Waals surface area (Å²) in [6.07, 6.45) is 1.71. The van der Waals surface area contributed by atoms with Crippen LogP contribution in [0.1, 0.15) is 31.3 Å². The monoisotopic (exact) mass is 414 g/mol. The molecule has 2 aromatic carbocycles. The number of benzene rings is 2. The van der Waals surface area contributed by atoms with Gasteiger partial charge in [0.15, 0.2) is 0 Å². The van der Waals surface area contributed by atoms with Gasteiger partial charge in [-0.3, -0.25) is 14.6 Å². The summed E-state index contributed by atoms with van der Waals surface area (Å²) in [4.78, 5) is 30.5. The number of ketones is 1. The molecule has 0 bridgehead atoms. The summed E-state index contributed by atoms with van der Waals surface area (Å²) < 4.78 is 5.76. The predicted octanol–water partition coefficient (Wildman–Crippen LogP) is 5.21. The summed E-state index contributed by atoms with van der Waals surface area (Å²) in [6, 6.07) is 23.1. The van der Waals surface area contributed by atoms with Crippen LogP contribution in [-0.4, -0.2) is 16.7 Å². The molecule has 0 radical (unpaired) electrons. The standard InChI is InChI=1S/C24H18N2O3S/c27-23(22-12-6-14-30-22)20-10-1-2-11-21(20)24(28)26-17-8-5-9-19(15-17)29-16-18-7-3-4-13-25-18/h1-15H,16H2,(H,26,28). The molecule has 0 atom stereocenters. The van der Waals surface area contributed by atoms with Gasteiger partial charge in [0.2, 0.25) is 5.78 Å². The topological polar surface area (TPSA) is 68.3 Å². The fraction of sp³-hybridized carbons (Fsp3) is 0.0417. The number of hydrogen-bond donors (Lipinski definition) is 1. The summed E-state index contributed by atoms with van der Waals surface area (Å²) in [5, 5.41) is 4.69. The van der Waals surface area contributed by atoms with E-state index in [9.17, 15) is 9.59 Å². The second kappa shape index (κ2) is 9.15. The van der Waals surface area contributed by atoms with Gasteiger partial charge in [-0.15, -0.1) is 11.3 Å². The first-order valence-corrected chi connectivity index (χ1v) is 10.2. The highest BCUT2D eigenvalue weighted by atomic mass is 32.1. The molecule has 30 heavy (non-hydrogen) atoms. The maximum atomic E-state index is 12.9. The molecular weight excluding hydrogens is 396 g/mol. The maximum Gasteiger partial charge on any atom is 0.256 e. The molecule has 2 aromatic heterocycles. The van der Waals surface area contributed by atoms with Gasteiger partial charge in [0, 0.05) is 23.5 Å². The molecule has 2 heterocycles. The third-order valence-electron chi connectivity index (χ3n) is 4.37. The van der Waals surface area contributed by atoms with Gasteiger partial charge in [0.1, 0.15) is 12.4 Å². The Bertz CT molecular complexity index is 1160. The van der Waals surface area contributed by atoms with Crippen LogP contribution < -0.4 is 10.1 Å². The molecule has 0 aliphatic carbocycles. The first-order valence-electron chi connectivity index (χ1n) is 9.32. The molecule has 6 heteroatoms. The highest BCUT2D eigenvalue weighted by Crippen LogP contribution is 2.22.